The number of benzene rings is 1. The minimum Gasteiger partial charge on any atom is -0.398 e. The minimum absolute atomic E-state index is 0.0657. The number of nitrogen functional groups attached to an aromatic ring is 1. The second-order valence-electron chi connectivity index (χ2n) is 3.56. The van der Waals surface area contributed by atoms with Gasteiger partial charge in [-0.25, -0.2) is 21.9 Å². The third-order valence-corrected chi connectivity index (χ3v) is 4.91. The average molecular weight is 380 g/mol. The van der Waals surface area contributed by atoms with Crippen LogP contribution in [0.1, 0.15) is 0 Å². The molecular weight excluding hydrogens is 370 g/mol. The summed E-state index contributed by atoms with van der Waals surface area (Å²) in [6.45, 7) is -0.821. The second-order valence-corrected chi connectivity index (χ2v) is 6.53. The van der Waals surface area contributed by atoms with Gasteiger partial charge in [0.1, 0.15) is 6.10 Å². The Morgan fingerprint density at radius 1 is 1.47 bits per heavy atom. The summed E-state index contributed by atoms with van der Waals surface area (Å²) < 4.78 is 49.8. The molecule has 0 aliphatic heterocycles. The molecule has 1 atom stereocenters. The van der Waals surface area contributed by atoms with Crippen LogP contribution in [0.4, 0.5) is 14.5 Å². The van der Waals surface area contributed by atoms with E-state index in [1.165, 1.54) is 6.07 Å². The van der Waals surface area contributed by atoms with E-state index in [1.807, 2.05) is 4.72 Å². The first kappa shape index (κ1) is 16.6. The van der Waals surface area contributed by atoms with Gasteiger partial charge in [0.2, 0.25) is 10.0 Å². The average Bonchev–Trinajstić information content (AvgIpc) is 2.30. The van der Waals surface area contributed by atoms with Crippen molar-refractivity contribution in [1.82, 2.24) is 4.72 Å². The zero-order valence-corrected chi connectivity index (χ0v) is 12.4. The summed E-state index contributed by atoms with van der Waals surface area (Å²) in [6.07, 6.45) is -5.14. The highest BCUT2D eigenvalue weighted by atomic mass is 79.9. The molecule has 0 aliphatic rings. The molecule has 0 radical (unpaired) electrons. The highest BCUT2D eigenvalue weighted by Crippen LogP contribution is 2.31. The van der Waals surface area contributed by atoms with Crippen molar-refractivity contribution in [3.8, 4) is 0 Å². The Bertz CT molecular complexity index is 571. The molecule has 0 amide bonds. The molecule has 10 heteroatoms. The van der Waals surface area contributed by atoms with E-state index in [-0.39, 0.29) is 20.1 Å². The molecule has 0 aromatic heterocycles. The lowest BCUT2D eigenvalue weighted by Gasteiger charge is -2.13. The van der Waals surface area contributed by atoms with Crippen LogP contribution in [0.5, 0.6) is 0 Å². The van der Waals surface area contributed by atoms with Crippen LogP contribution in [-0.4, -0.2) is 32.6 Å². The molecule has 0 bridgehead atoms. The number of nitrogens with one attached hydrogen (secondary N) is 1. The van der Waals surface area contributed by atoms with Gasteiger partial charge in [-0.15, -0.1) is 0 Å². The Morgan fingerprint density at radius 2 is 2.05 bits per heavy atom. The van der Waals surface area contributed by atoms with E-state index in [0.717, 1.165) is 6.07 Å². The van der Waals surface area contributed by atoms with Gasteiger partial charge in [0, 0.05) is 17.3 Å². The molecule has 1 rings (SSSR count). The topological polar surface area (TPSA) is 92.4 Å². The largest absolute Gasteiger partial charge is 0.398 e. The zero-order chi connectivity index (χ0) is 14.8. The monoisotopic (exact) mass is 378 g/mol. The van der Waals surface area contributed by atoms with Gasteiger partial charge in [0.25, 0.3) is 6.43 Å². The van der Waals surface area contributed by atoms with Gasteiger partial charge in [-0.2, -0.15) is 0 Å². The molecule has 0 fully saturated rings. The molecule has 0 spiro atoms. The standard InChI is InChI=1S/C9H10BrClF2N2O3S/c10-8-5(14)1-4(11)2-7(8)19(17,18)15-3-6(16)9(12)13/h1-2,6,9,15-16H,3,14H2. The molecule has 0 saturated carbocycles. The van der Waals surface area contributed by atoms with Gasteiger partial charge in [-0.1, -0.05) is 11.6 Å². The maximum atomic E-state index is 12.1. The molecule has 0 saturated heterocycles. The SMILES string of the molecule is Nc1cc(Cl)cc(S(=O)(=O)NCC(O)C(F)F)c1Br. The van der Waals surface area contributed by atoms with Crippen molar-refractivity contribution in [3.05, 3.63) is 21.6 Å². The molecule has 1 unspecified atom stereocenters. The van der Waals surface area contributed by atoms with Gasteiger partial charge in [0.15, 0.2) is 0 Å². The van der Waals surface area contributed by atoms with Crippen LogP contribution in [-0.2, 0) is 10.0 Å². The lowest BCUT2D eigenvalue weighted by atomic mass is 10.3. The van der Waals surface area contributed by atoms with Crippen molar-refractivity contribution in [2.75, 3.05) is 12.3 Å². The Hall–Kier alpha value is -0.480. The third-order valence-electron chi connectivity index (χ3n) is 2.10. The molecule has 108 valence electrons. The Morgan fingerprint density at radius 3 is 2.58 bits per heavy atom. The van der Waals surface area contributed by atoms with Gasteiger partial charge >= 0.3 is 0 Å². The molecule has 4 N–H and O–H groups in total. The highest BCUT2D eigenvalue weighted by Gasteiger charge is 2.24. The predicted molar refractivity (Wildman–Crippen MR) is 70.8 cm³/mol. The number of anilines is 1. The zero-order valence-electron chi connectivity index (χ0n) is 9.28. The van der Waals surface area contributed by atoms with E-state index in [0.29, 0.717) is 0 Å². The van der Waals surface area contributed by atoms with Crippen molar-refractivity contribution < 1.29 is 22.3 Å². The van der Waals surface area contributed by atoms with E-state index in [9.17, 15) is 17.2 Å². The fourth-order valence-corrected chi connectivity index (χ4v) is 3.48. The second kappa shape index (κ2) is 6.31. The first-order valence-electron chi connectivity index (χ1n) is 4.85. The summed E-state index contributed by atoms with van der Waals surface area (Å²) in [5, 5.41) is 8.95. The number of aliphatic hydroxyl groups excluding tert-OH is 1. The third kappa shape index (κ3) is 4.25. The summed E-state index contributed by atoms with van der Waals surface area (Å²) in [6, 6.07) is 2.44. The lowest BCUT2D eigenvalue weighted by molar-refractivity contribution is -0.000452. The number of nitrogens with two attached hydrogens (primary N) is 1. The fraction of sp³-hybridized carbons (Fsp3) is 0.333. The maximum absolute atomic E-state index is 12.1. The van der Waals surface area contributed by atoms with Crippen molar-refractivity contribution in [1.29, 1.82) is 0 Å². The van der Waals surface area contributed by atoms with Crippen LogP contribution in [0.2, 0.25) is 5.02 Å². The van der Waals surface area contributed by atoms with Gasteiger partial charge < -0.3 is 10.8 Å². The van der Waals surface area contributed by atoms with Gasteiger partial charge in [-0.3, -0.25) is 0 Å². The summed E-state index contributed by atoms with van der Waals surface area (Å²) in [4.78, 5) is -0.293. The summed E-state index contributed by atoms with van der Waals surface area (Å²) in [5.74, 6) is 0. The first-order valence-corrected chi connectivity index (χ1v) is 7.51. The number of aliphatic hydroxyl groups is 1. The van der Waals surface area contributed by atoms with E-state index in [1.54, 1.807) is 0 Å². The highest BCUT2D eigenvalue weighted by molar-refractivity contribution is 9.10. The molecule has 0 aliphatic carbocycles. The van der Waals surface area contributed by atoms with Crippen LogP contribution < -0.4 is 10.5 Å². The Kier molecular flexibility index (Phi) is 5.51. The molecule has 1 aromatic rings. The molecular formula is C9H10BrClF2N2O3S. The number of alkyl halides is 2. The smallest absolute Gasteiger partial charge is 0.265 e. The summed E-state index contributed by atoms with van der Waals surface area (Å²) in [7, 11) is -4.12. The number of hydrogen-bond donors (Lipinski definition) is 3. The summed E-state index contributed by atoms with van der Waals surface area (Å²) in [5.41, 5.74) is 5.61. The van der Waals surface area contributed by atoms with Crippen LogP contribution in [0, 0.1) is 0 Å². The number of sulfonamides is 1. The molecule has 5 nitrogen and oxygen atoms in total. The van der Waals surface area contributed by atoms with Crippen molar-refractivity contribution in [2.45, 2.75) is 17.4 Å². The van der Waals surface area contributed by atoms with E-state index in [4.69, 9.17) is 22.4 Å². The van der Waals surface area contributed by atoms with Crippen LogP contribution in [0.15, 0.2) is 21.5 Å². The fourth-order valence-electron chi connectivity index (χ4n) is 1.14. The molecule has 1 aromatic carbocycles. The van der Waals surface area contributed by atoms with Gasteiger partial charge in [0.05, 0.1) is 9.37 Å². The van der Waals surface area contributed by atoms with Crippen LogP contribution >= 0.6 is 27.5 Å². The normalized spacial score (nSPS) is 13.8. The Labute approximate surface area is 121 Å². The Balaban J connectivity index is 3.01. The number of hydrogen-bond acceptors (Lipinski definition) is 4. The van der Waals surface area contributed by atoms with Crippen LogP contribution in [0.3, 0.4) is 0 Å². The van der Waals surface area contributed by atoms with Crippen molar-refractivity contribution in [3.63, 3.8) is 0 Å². The molecule has 0 heterocycles. The van der Waals surface area contributed by atoms with Crippen molar-refractivity contribution in [2.24, 2.45) is 0 Å². The van der Waals surface area contributed by atoms with E-state index in [2.05, 4.69) is 15.9 Å². The predicted octanol–water partition coefficient (Wildman–Crippen LogP) is 1.59. The van der Waals surface area contributed by atoms with E-state index < -0.39 is 29.1 Å². The van der Waals surface area contributed by atoms with Gasteiger partial charge in [-0.05, 0) is 28.1 Å². The van der Waals surface area contributed by atoms with Crippen molar-refractivity contribution >= 4 is 43.2 Å². The lowest BCUT2D eigenvalue weighted by Crippen LogP contribution is -2.36. The molecule has 19 heavy (non-hydrogen) atoms. The summed E-state index contributed by atoms with van der Waals surface area (Å²) >= 11 is 8.65. The quantitative estimate of drug-likeness (QED) is 0.677. The van der Waals surface area contributed by atoms with Crippen LogP contribution in [0.25, 0.3) is 0 Å². The number of rotatable bonds is 5. The minimum atomic E-state index is -4.12. The first-order chi connectivity index (χ1) is 8.65. The van der Waals surface area contributed by atoms with E-state index >= 15 is 0 Å². The number of halogens is 4. The maximum Gasteiger partial charge on any atom is 0.265 e.